The number of aromatic nitrogens is 2. The molecule has 20 heavy (non-hydrogen) atoms. The van der Waals surface area contributed by atoms with Crippen LogP contribution in [0.5, 0.6) is 0 Å². The number of aliphatic hydroxyl groups is 1. The van der Waals surface area contributed by atoms with Crippen molar-refractivity contribution in [3.05, 3.63) is 33.7 Å². The van der Waals surface area contributed by atoms with Crippen molar-refractivity contribution in [2.24, 2.45) is 0 Å². The molecular formula is C13H18BrN3O3. The fourth-order valence-electron chi connectivity index (χ4n) is 2.17. The van der Waals surface area contributed by atoms with E-state index in [1.54, 1.807) is 12.3 Å². The molecule has 0 atom stereocenters. The molecule has 2 N–H and O–H groups in total. The second-order valence-corrected chi connectivity index (χ2v) is 5.62. The molecule has 1 saturated heterocycles. The first-order valence-electron chi connectivity index (χ1n) is 6.45. The van der Waals surface area contributed by atoms with Crippen LogP contribution in [0.2, 0.25) is 0 Å². The van der Waals surface area contributed by atoms with Gasteiger partial charge in [-0.2, -0.15) is 5.10 Å². The first-order chi connectivity index (χ1) is 9.62. The molecule has 0 radical (unpaired) electrons. The number of rotatable bonds is 5. The lowest BCUT2D eigenvalue weighted by Gasteiger charge is -2.37. The molecule has 0 bridgehead atoms. The van der Waals surface area contributed by atoms with Gasteiger partial charge < -0.3 is 15.2 Å². The maximum atomic E-state index is 12.1. The quantitative estimate of drug-likeness (QED) is 0.784. The molecule has 6 nitrogen and oxygen atoms in total. The topological polar surface area (TPSA) is 76.4 Å². The van der Waals surface area contributed by atoms with Crippen LogP contribution in [-0.2, 0) is 11.3 Å². The van der Waals surface area contributed by atoms with Crippen molar-refractivity contribution in [2.45, 2.75) is 24.9 Å². The lowest BCUT2D eigenvalue weighted by molar-refractivity contribution is 0.0379. The summed E-state index contributed by atoms with van der Waals surface area (Å²) in [7, 11) is 0. The van der Waals surface area contributed by atoms with Crippen molar-refractivity contribution in [3.8, 4) is 0 Å². The predicted octanol–water partition coefficient (Wildman–Crippen LogP) is 1.15. The Kier molecular flexibility index (Phi) is 4.95. The maximum absolute atomic E-state index is 12.1. The van der Waals surface area contributed by atoms with Crippen LogP contribution < -0.4 is 10.9 Å². The molecule has 0 aliphatic carbocycles. The van der Waals surface area contributed by atoms with Gasteiger partial charge in [0.1, 0.15) is 4.47 Å². The summed E-state index contributed by atoms with van der Waals surface area (Å²) in [4.78, 5) is 12.1. The molecule has 1 aliphatic rings. The van der Waals surface area contributed by atoms with Gasteiger partial charge in [0, 0.05) is 13.2 Å². The van der Waals surface area contributed by atoms with E-state index in [0.29, 0.717) is 42.8 Å². The third-order valence-electron chi connectivity index (χ3n) is 3.44. The molecule has 7 heteroatoms. The van der Waals surface area contributed by atoms with Gasteiger partial charge in [0.05, 0.1) is 30.6 Å². The minimum absolute atomic E-state index is 0.0153. The molecule has 0 spiro atoms. The number of hydrogen-bond acceptors (Lipinski definition) is 5. The van der Waals surface area contributed by atoms with E-state index in [1.807, 2.05) is 0 Å². The number of allylic oxidation sites excluding steroid dienone is 1. The van der Waals surface area contributed by atoms with Crippen LogP contribution in [0.15, 0.2) is 28.1 Å². The standard InChI is InChI=1S/C13H18BrN3O3/c1-2-5-17-12(19)11(14)10(8-15-17)16-13(9-18)3-6-20-7-4-13/h2,8,16,18H,1,3-7,9H2. The molecule has 0 amide bonds. The largest absolute Gasteiger partial charge is 0.394 e. The van der Waals surface area contributed by atoms with E-state index in [-0.39, 0.29) is 12.2 Å². The summed E-state index contributed by atoms with van der Waals surface area (Å²) in [6.45, 7) is 5.11. The number of ether oxygens (including phenoxy) is 1. The Morgan fingerprint density at radius 2 is 2.30 bits per heavy atom. The highest BCUT2D eigenvalue weighted by Gasteiger charge is 2.32. The van der Waals surface area contributed by atoms with Gasteiger partial charge in [0.2, 0.25) is 0 Å². The van der Waals surface area contributed by atoms with E-state index in [2.05, 4.69) is 32.9 Å². The fraction of sp³-hybridized carbons (Fsp3) is 0.538. The average molecular weight is 344 g/mol. The number of nitrogens with one attached hydrogen (secondary N) is 1. The van der Waals surface area contributed by atoms with Gasteiger partial charge in [-0.15, -0.1) is 6.58 Å². The summed E-state index contributed by atoms with van der Waals surface area (Å²) in [5.41, 5.74) is -0.0965. The van der Waals surface area contributed by atoms with Crippen molar-refractivity contribution < 1.29 is 9.84 Å². The lowest BCUT2D eigenvalue weighted by Crippen LogP contribution is -2.47. The minimum atomic E-state index is -0.459. The highest BCUT2D eigenvalue weighted by Crippen LogP contribution is 2.28. The molecule has 1 fully saturated rings. The summed E-state index contributed by atoms with van der Waals surface area (Å²) in [6, 6.07) is 0. The molecular weight excluding hydrogens is 326 g/mol. The van der Waals surface area contributed by atoms with Gasteiger partial charge in [-0.05, 0) is 28.8 Å². The van der Waals surface area contributed by atoms with Gasteiger partial charge in [-0.3, -0.25) is 4.79 Å². The Hall–Kier alpha value is -1.18. The van der Waals surface area contributed by atoms with Crippen molar-refractivity contribution in [1.29, 1.82) is 0 Å². The van der Waals surface area contributed by atoms with Gasteiger partial charge in [0.15, 0.2) is 0 Å². The summed E-state index contributed by atoms with van der Waals surface area (Å²) in [6.07, 6.45) is 4.57. The Morgan fingerprint density at radius 3 is 2.90 bits per heavy atom. The predicted molar refractivity (Wildman–Crippen MR) is 79.9 cm³/mol. The molecule has 2 heterocycles. The number of nitrogens with zero attached hydrogens (tertiary/aromatic N) is 2. The first-order valence-corrected chi connectivity index (χ1v) is 7.24. The highest BCUT2D eigenvalue weighted by molar-refractivity contribution is 9.10. The Bertz CT molecular complexity index is 538. The Labute approximate surface area is 125 Å². The van der Waals surface area contributed by atoms with Gasteiger partial charge in [-0.1, -0.05) is 6.08 Å². The summed E-state index contributed by atoms with van der Waals surface area (Å²) < 4.78 is 7.04. The number of hydrogen-bond donors (Lipinski definition) is 2. The van der Waals surface area contributed by atoms with Gasteiger partial charge in [-0.25, -0.2) is 4.68 Å². The van der Waals surface area contributed by atoms with Crippen LogP contribution in [-0.4, -0.2) is 40.2 Å². The zero-order chi connectivity index (χ0) is 14.6. The van der Waals surface area contributed by atoms with Crippen LogP contribution in [0.3, 0.4) is 0 Å². The molecule has 1 aromatic heterocycles. The average Bonchev–Trinajstić information content (AvgIpc) is 2.48. The Morgan fingerprint density at radius 1 is 1.60 bits per heavy atom. The van der Waals surface area contributed by atoms with Crippen LogP contribution >= 0.6 is 15.9 Å². The van der Waals surface area contributed by atoms with E-state index in [9.17, 15) is 9.90 Å². The summed E-state index contributed by atoms with van der Waals surface area (Å²) in [5.74, 6) is 0. The second kappa shape index (κ2) is 6.51. The maximum Gasteiger partial charge on any atom is 0.283 e. The van der Waals surface area contributed by atoms with Crippen LogP contribution in [0.4, 0.5) is 5.69 Å². The lowest BCUT2D eigenvalue weighted by atomic mass is 9.91. The van der Waals surface area contributed by atoms with Crippen LogP contribution in [0, 0.1) is 0 Å². The second-order valence-electron chi connectivity index (χ2n) is 4.82. The molecule has 1 aromatic rings. The van der Waals surface area contributed by atoms with Crippen molar-refractivity contribution in [1.82, 2.24) is 9.78 Å². The smallest absolute Gasteiger partial charge is 0.283 e. The van der Waals surface area contributed by atoms with Gasteiger partial charge >= 0.3 is 0 Å². The number of aliphatic hydroxyl groups excluding tert-OH is 1. The fourth-order valence-corrected chi connectivity index (χ4v) is 2.58. The Balaban J connectivity index is 2.27. The van der Waals surface area contributed by atoms with E-state index in [1.165, 1.54) is 4.68 Å². The number of halogens is 1. The van der Waals surface area contributed by atoms with Crippen LogP contribution in [0.25, 0.3) is 0 Å². The third-order valence-corrected chi connectivity index (χ3v) is 4.21. The molecule has 2 rings (SSSR count). The van der Waals surface area contributed by atoms with E-state index in [4.69, 9.17) is 4.74 Å². The zero-order valence-corrected chi connectivity index (χ0v) is 12.7. The molecule has 0 saturated carbocycles. The molecule has 110 valence electrons. The monoisotopic (exact) mass is 343 g/mol. The SMILES string of the molecule is C=CCn1ncc(NC2(CO)CCOCC2)c(Br)c1=O. The summed E-state index contributed by atoms with van der Waals surface area (Å²) >= 11 is 3.30. The summed E-state index contributed by atoms with van der Waals surface area (Å²) in [5, 5.41) is 17.0. The number of anilines is 1. The molecule has 0 aromatic carbocycles. The van der Waals surface area contributed by atoms with Crippen molar-refractivity contribution in [2.75, 3.05) is 25.1 Å². The van der Waals surface area contributed by atoms with Crippen molar-refractivity contribution >= 4 is 21.6 Å². The van der Waals surface area contributed by atoms with Gasteiger partial charge in [0.25, 0.3) is 5.56 Å². The first kappa shape index (κ1) is 15.2. The van der Waals surface area contributed by atoms with Crippen molar-refractivity contribution in [3.63, 3.8) is 0 Å². The zero-order valence-electron chi connectivity index (χ0n) is 11.1. The third kappa shape index (κ3) is 3.11. The highest BCUT2D eigenvalue weighted by atomic mass is 79.9. The molecule has 0 unspecified atom stereocenters. The van der Waals surface area contributed by atoms with E-state index < -0.39 is 5.54 Å². The molecule has 1 aliphatic heterocycles. The van der Waals surface area contributed by atoms with Crippen LogP contribution in [0.1, 0.15) is 12.8 Å². The van der Waals surface area contributed by atoms with E-state index >= 15 is 0 Å². The normalized spacial score (nSPS) is 17.7. The minimum Gasteiger partial charge on any atom is -0.394 e. The van der Waals surface area contributed by atoms with E-state index in [0.717, 1.165) is 0 Å².